The number of carbonyl (C=O) groups excluding carboxylic acids is 1. The lowest BCUT2D eigenvalue weighted by Crippen LogP contribution is -2.47. The summed E-state index contributed by atoms with van der Waals surface area (Å²) in [4.78, 5) is 12.4. The second kappa shape index (κ2) is 5.93. The molecule has 2 nitrogen and oxygen atoms in total. The molecule has 1 aromatic rings. The van der Waals surface area contributed by atoms with Crippen LogP contribution in [0.15, 0.2) is 18.2 Å². The lowest BCUT2D eigenvalue weighted by Gasteiger charge is -2.37. The minimum absolute atomic E-state index is 0.120. The van der Waals surface area contributed by atoms with E-state index in [2.05, 4.69) is 46.1 Å². The topological polar surface area (TPSA) is 29.1 Å². The van der Waals surface area contributed by atoms with E-state index in [4.69, 9.17) is 11.6 Å². The summed E-state index contributed by atoms with van der Waals surface area (Å²) < 4.78 is 1.07. The van der Waals surface area contributed by atoms with E-state index in [0.29, 0.717) is 30.2 Å². The standard InChI is InChI=1S/C16H19ClINO/c1-2-15(20)16-11(8-10-4-6-14(16)19-10)9-3-5-13(18)12(17)7-9/h3,5,7,10-11,14,16,19H,2,4,6,8H2,1H3/t10-,11+,14+,16-/m0/s1. The Morgan fingerprint density at radius 1 is 1.45 bits per heavy atom. The number of rotatable bonds is 3. The average Bonchev–Trinajstić information content (AvgIpc) is 2.82. The maximum absolute atomic E-state index is 12.4. The second-order valence-electron chi connectivity index (χ2n) is 5.91. The summed E-state index contributed by atoms with van der Waals surface area (Å²) in [5, 5.41) is 4.43. The van der Waals surface area contributed by atoms with E-state index in [1.807, 2.05) is 6.92 Å². The van der Waals surface area contributed by atoms with E-state index in [-0.39, 0.29) is 5.92 Å². The molecule has 0 saturated carbocycles. The number of ketones is 1. The fourth-order valence-corrected chi connectivity index (χ4v) is 4.35. The molecule has 2 aliphatic heterocycles. The first-order chi connectivity index (χ1) is 9.60. The molecule has 0 radical (unpaired) electrons. The molecule has 4 atom stereocenters. The number of benzene rings is 1. The van der Waals surface area contributed by atoms with Gasteiger partial charge in [-0.25, -0.2) is 0 Å². The molecule has 0 spiro atoms. The van der Waals surface area contributed by atoms with Crippen LogP contribution in [-0.4, -0.2) is 17.9 Å². The molecule has 3 rings (SSSR count). The molecule has 0 unspecified atom stereocenters. The molecule has 2 saturated heterocycles. The Kier molecular flexibility index (Phi) is 4.39. The minimum Gasteiger partial charge on any atom is -0.310 e. The molecule has 0 aliphatic carbocycles. The fraction of sp³-hybridized carbons (Fsp3) is 0.562. The van der Waals surface area contributed by atoms with Gasteiger partial charge in [0.1, 0.15) is 5.78 Å². The van der Waals surface area contributed by atoms with Crippen LogP contribution in [0.1, 0.15) is 44.1 Å². The van der Waals surface area contributed by atoms with Crippen LogP contribution in [0, 0.1) is 9.49 Å². The number of halogens is 2. The molecule has 0 aromatic heterocycles. The van der Waals surface area contributed by atoms with Crippen molar-refractivity contribution in [3.05, 3.63) is 32.4 Å². The molecule has 20 heavy (non-hydrogen) atoms. The van der Waals surface area contributed by atoms with Crippen LogP contribution in [0.5, 0.6) is 0 Å². The van der Waals surface area contributed by atoms with E-state index in [1.54, 1.807) is 0 Å². The van der Waals surface area contributed by atoms with Crippen molar-refractivity contribution in [3.63, 3.8) is 0 Å². The average molecular weight is 404 g/mol. The van der Waals surface area contributed by atoms with E-state index in [1.165, 1.54) is 12.0 Å². The monoisotopic (exact) mass is 403 g/mol. The normalized spacial score (nSPS) is 32.4. The van der Waals surface area contributed by atoms with Crippen LogP contribution in [0.2, 0.25) is 5.02 Å². The zero-order chi connectivity index (χ0) is 14.3. The Morgan fingerprint density at radius 3 is 2.95 bits per heavy atom. The number of carbonyl (C=O) groups is 1. The van der Waals surface area contributed by atoms with Gasteiger partial charge in [-0.3, -0.25) is 4.79 Å². The summed E-state index contributed by atoms with van der Waals surface area (Å²) >= 11 is 8.52. The predicted octanol–water partition coefficient (Wildman–Crippen LogP) is 4.15. The van der Waals surface area contributed by atoms with Crippen molar-refractivity contribution in [1.29, 1.82) is 0 Å². The van der Waals surface area contributed by atoms with Gasteiger partial charge in [-0.15, -0.1) is 0 Å². The van der Waals surface area contributed by atoms with Crippen LogP contribution in [0.4, 0.5) is 0 Å². The van der Waals surface area contributed by atoms with Gasteiger partial charge < -0.3 is 5.32 Å². The SMILES string of the molecule is CCC(=O)[C@H]1[C@@H](c2ccc(I)c(Cl)c2)C[C@@H]2CC[C@H]1N2. The van der Waals surface area contributed by atoms with Crippen molar-refractivity contribution in [1.82, 2.24) is 5.32 Å². The van der Waals surface area contributed by atoms with Crippen molar-refractivity contribution < 1.29 is 4.79 Å². The number of hydrogen-bond acceptors (Lipinski definition) is 2. The molecule has 4 heteroatoms. The van der Waals surface area contributed by atoms with Crippen molar-refractivity contribution in [2.75, 3.05) is 0 Å². The van der Waals surface area contributed by atoms with Gasteiger partial charge in [-0.2, -0.15) is 0 Å². The maximum atomic E-state index is 12.4. The maximum Gasteiger partial charge on any atom is 0.137 e. The summed E-state index contributed by atoms with van der Waals surface area (Å²) in [7, 11) is 0. The molecule has 108 valence electrons. The third kappa shape index (κ3) is 2.64. The highest BCUT2D eigenvalue weighted by Gasteiger charge is 2.44. The fourth-order valence-electron chi connectivity index (χ4n) is 3.82. The van der Waals surface area contributed by atoms with Crippen molar-refractivity contribution >= 4 is 40.0 Å². The quantitative estimate of drug-likeness (QED) is 0.768. The number of nitrogens with one attached hydrogen (secondary N) is 1. The highest BCUT2D eigenvalue weighted by Crippen LogP contribution is 2.43. The summed E-state index contributed by atoms with van der Waals surface area (Å²) in [6, 6.07) is 7.22. The molecule has 2 heterocycles. The largest absolute Gasteiger partial charge is 0.310 e. The second-order valence-corrected chi connectivity index (χ2v) is 7.48. The van der Waals surface area contributed by atoms with Crippen LogP contribution in [-0.2, 0) is 4.79 Å². The molecule has 1 N–H and O–H groups in total. The summed E-state index contributed by atoms with van der Waals surface area (Å²) in [6.45, 7) is 1.97. The summed E-state index contributed by atoms with van der Waals surface area (Å²) in [5.74, 6) is 0.841. The molecule has 1 aromatic carbocycles. The Balaban J connectivity index is 1.96. The molecule has 2 fully saturated rings. The summed E-state index contributed by atoms with van der Waals surface area (Å²) in [6.07, 6.45) is 4.02. The van der Waals surface area contributed by atoms with Gasteiger partial charge in [0, 0.05) is 28.0 Å². The van der Waals surface area contributed by atoms with Gasteiger partial charge in [0.25, 0.3) is 0 Å². The van der Waals surface area contributed by atoms with Crippen molar-refractivity contribution in [2.24, 2.45) is 5.92 Å². The van der Waals surface area contributed by atoms with Crippen LogP contribution < -0.4 is 5.32 Å². The zero-order valence-corrected chi connectivity index (χ0v) is 14.4. The van der Waals surface area contributed by atoms with Crippen molar-refractivity contribution in [2.45, 2.75) is 50.6 Å². The smallest absolute Gasteiger partial charge is 0.137 e. The van der Waals surface area contributed by atoms with Gasteiger partial charge in [-0.1, -0.05) is 24.6 Å². The van der Waals surface area contributed by atoms with E-state index < -0.39 is 0 Å². The predicted molar refractivity (Wildman–Crippen MR) is 90.3 cm³/mol. The molecule has 2 aliphatic rings. The van der Waals surface area contributed by atoms with Crippen molar-refractivity contribution in [3.8, 4) is 0 Å². The van der Waals surface area contributed by atoms with Gasteiger partial charge >= 0.3 is 0 Å². The lowest BCUT2D eigenvalue weighted by molar-refractivity contribution is -0.124. The van der Waals surface area contributed by atoms with Gasteiger partial charge in [0.05, 0.1) is 5.02 Å². The molecule has 0 amide bonds. The van der Waals surface area contributed by atoms with E-state index >= 15 is 0 Å². The first kappa shape index (κ1) is 14.8. The number of piperidine rings is 1. The van der Waals surface area contributed by atoms with Gasteiger partial charge in [0.15, 0.2) is 0 Å². The van der Waals surface area contributed by atoms with E-state index in [9.17, 15) is 4.79 Å². The highest BCUT2D eigenvalue weighted by molar-refractivity contribution is 14.1. The zero-order valence-electron chi connectivity index (χ0n) is 11.5. The van der Waals surface area contributed by atoms with Gasteiger partial charge in [-0.05, 0) is 65.5 Å². The molecular weight excluding hydrogens is 385 g/mol. The molecular formula is C16H19ClINO. The summed E-state index contributed by atoms with van der Waals surface area (Å²) in [5.41, 5.74) is 1.24. The Hall–Kier alpha value is -0.130. The molecule has 2 bridgehead atoms. The number of hydrogen-bond donors (Lipinski definition) is 1. The van der Waals surface area contributed by atoms with Crippen LogP contribution in [0.3, 0.4) is 0 Å². The highest BCUT2D eigenvalue weighted by atomic mass is 127. The Morgan fingerprint density at radius 2 is 2.25 bits per heavy atom. The third-order valence-electron chi connectivity index (χ3n) is 4.77. The lowest BCUT2D eigenvalue weighted by atomic mass is 9.74. The third-order valence-corrected chi connectivity index (χ3v) is 6.35. The first-order valence-electron chi connectivity index (χ1n) is 7.34. The Bertz CT molecular complexity index is 533. The number of Topliss-reactive ketones (excluding diaryl/α,β-unsaturated/α-hetero) is 1. The van der Waals surface area contributed by atoms with Gasteiger partial charge in [0.2, 0.25) is 0 Å². The Labute approximate surface area is 138 Å². The van der Waals surface area contributed by atoms with E-state index in [0.717, 1.165) is 21.4 Å². The first-order valence-corrected chi connectivity index (χ1v) is 8.79. The van der Waals surface area contributed by atoms with Crippen LogP contribution >= 0.6 is 34.2 Å². The number of fused-ring (bicyclic) bond motifs is 2. The van der Waals surface area contributed by atoms with Crippen LogP contribution in [0.25, 0.3) is 0 Å². The minimum atomic E-state index is 0.120.